The van der Waals surface area contributed by atoms with E-state index in [2.05, 4.69) is 0 Å². The number of Topliss-reactive ketones (excluding diaryl/α,β-unsaturated/α-hetero) is 1. The summed E-state index contributed by atoms with van der Waals surface area (Å²) in [4.78, 5) is 31.6. The van der Waals surface area contributed by atoms with Gasteiger partial charge in [-0.15, -0.1) is 0 Å². The van der Waals surface area contributed by atoms with Gasteiger partial charge in [-0.05, 0) is 76.3 Å². The summed E-state index contributed by atoms with van der Waals surface area (Å²) < 4.78 is 26.8. The molecular formula is C29H34FN3O5. The normalized spacial score (nSPS) is 22.2. The number of rotatable bonds is 5. The maximum absolute atomic E-state index is 14.3. The van der Waals surface area contributed by atoms with Gasteiger partial charge in [0.25, 0.3) is 0 Å². The number of aromatic nitrogens is 2. The van der Waals surface area contributed by atoms with E-state index in [9.17, 15) is 19.1 Å². The van der Waals surface area contributed by atoms with Gasteiger partial charge in [0.05, 0.1) is 30.9 Å². The number of fused-ring (bicyclic) bond motifs is 3. The summed E-state index contributed by atoms with van der Waals surface area (Å²) in [7, 11) is 2.84. The number of methoxy groups -OCH3 is 2. The van der Waals surface area contributed by atoms with E-state index in [1.54, 1.807) is 11.8 Å². The third-order valence-electron chi connectivity index (χ3n) is 8.17. The predicted molar refractivity (Wildman–Crippen MR) is 141 cm³/mol. The number of hydrogen-bond donors (Lipinski definition) is 1. The molecule has 2 heterocycles. The highest BCUT2D eigenvalue weighted by molar-refractivity contribution is 5.95. The highest BCUT2D eigenvalue weighted by Gasteiger charge is 2.35. The minimum absolute atomic E-state index is 0.0363. The summed E-state index contributed by atoms with van der Waals surface area (Å²) in [5.74, 6) is 0.337. The Balaban J connectivity index is 1.72. The van der Waals surface area contributed by atoms with Crippen LogP contribution in [0.2, 0.25) is 0 Å². The fraction of sp³-hybridized carbons (Fsp3) is 0.483. The molecule has 3 aromatic rings. The predicted octanol–water partition coefficient (Wildman–Crippen LogP) is 5.49. The first-order chi connectivity index (χ1) is 18.2. The number of halogens is 1. The summed E-state index contributed by atoms with van der Waals surface area (Å²) in [5.41, 5.74) is 3.44. The number of ketones is 1. The average Bonchev–Trinajstić information content (AvgIpc) is 3.32. The lowest BCUT2D eigenvalue weighted by Gasteiger charge is -2.34. The van der Waals surface area contributed by atoms with E-state index < -0.39 is 18.0 Å². The first kappa shape index (κ1) is 26.2. The fourth-order valence-electron chi connectivity index (χ4n) is 6.20. The standard InChI is InChI=1S/C29H34FN3O5/c1-16-8-10-21-23(32(16)29(36)38-4)11-12-24-26(21)31-28(27(35)22-15-19(30)9-13-25(22)37-3)33(24)20-7-5-6-18(14-20)17(2)34/h9,11-13,15-16,18,20,27,35H,5-8,10,14H2,1-4H3/t16-,18+,20+,27-/m0/s1. The lowest BCUT2D eigenvalue weighted by Crippen LogP contribution is -2.42. The third-order valence-corrected chi connectivity index (χ3v) is 8.17. The summed E-state index contributed by atoms with van der Waals surface area (Å²) >= 11 is 0. The molecule has 2 aromatic carbocycles. The molecule has 202 valence electrons. The molecule has 1 aromatic heterocycles. The zero-order chi connectivity index (χ0) is 27.1. The van der Waals surface area contributed by atoms with Crippen molar-refractivity contribution in [1.82, 2.24) is 9.55 Å². The number of nitrogens with zero attached hydrogens (tertiary/aromatic N) is 3. The molecule has 4 atom stereocenters. The first-order valence-corrected chi connectivity index (χ1v) is 13.2. The number of hydrogen-bond acceptors (Lipinski definition) is 6. The van der Waals surface area contributed by atoms with Crippen molar-refractivity contribution in [3.63, 3.8) is 0 Å². The van der Waals surface area contributed by atoms with E-state index >= 15 is 0 Å². The van der Waals surface area contributed by atoms with E-state index in [4.69, 9.17) is 14.5 Å². The molecule has 1 saturated carbocycles. The number of aryl methyl sites for hydroxylation is 1. The lowest BCUT2D eigenvalue weighted by atomic mass is 9.83. The highest BCUT2D eigenvalue weighted by Crippen LogP contribution is 2.43. The van der Waals surface area contributed by atoms with Crippen LogP contribution in [0.25, 0.3) is 11.0 Å². The van der Waals surface area contributed by atoms with Crippen LogP contribution in [0.3, 0.4) is 0 Å². The van der Waals surface area contributed by atoms with E-state index in [0.717, 1.165) is 42.5 Å². The first-order valence-electron chi connectivity index (χ1n) is 13.2. The van der Waals surface area contributed by atoms with E-state index in [0.29, 0.717) is 29.9 Å². The van der Waals surface area contributed by atoms with Crippen molar-refractivity contribution in [2.24, 2.45) is 5.92 Å². The van der Waals surface area contributed by atoms with Gasteiger partial charge in [0, 0.05) is 29.1 Å². The van der Waals surface area contributed by atoms with Crippen molar-refractivity contribution in [1.29, 1.82) is 0 Å². The molecule has 9 heteroatoms. The molecule has 8 nitrogen and oxygen atoms in total. The molecule has 2 aliphatic rings. The van der Waals surface area contributed by atoms with Crippen LogP contribution in [0, 0.1) is 11.7 Å². The molecule has 1 amide bonds. The Morgan fingerprint density at radius 2 is 1.95 bits per heavy atom. The van der Waals surface area contributed by atoms with Crippen molar-refractivity contribution < 1.29 is 28.6 Å². The second-order valence-corrected chi connectivity index (χ2v) is 10.4. The summed E-state index contributed by atoms with van der Waals surface area (Å²) in [5, 5.41) is 11.7. The number of aliphatic hydroxyl groups is 1. The van der Waals surface area contributed by atoms with Gasteiger partial charge in [-0.25, -0.2) is 14.2 Å². The van der Waals surface area contributed by atoms with Crippen LogP contribution in [-0.4, -0.2) is 46.8 Å². The second kappa shape index (κ2) is 10.4. The molecule has 1 aliphatic heterocycles. The minimum Gasteiger partial charge on any atom is -0.496 e. The zero-order valence-electron chi connectivity index (χ0n) is 22.2. The van der Waals surface area contributed by atoms with Crippen molar-refractivity contribution >= 4 is 28.6 Å². The number of imidazole rings is 1. The number of carbonyl (C=O) groups excluding carboxylic acids is 2. The van der Waals surface area contributed by atoms with E-state index in [1.165, 1.54) is 32.4 Å². The van der Waals surface area contributed by atoms with Gasteiger partial charge in [-0.2, -0.15) is 0 Å². The van der Waals surface area contributed by atoms with Gasteiger partial charge in [-0.3, -0.25) is 9.69 Å². The van der Waals surface area contributed by atoms with Crippen molar-refractivity contribution in [2.75, 3.05) is 19.1 Å². The average molecular weight is 524 g/mol. The lowest BCUT2D eigenvalue weighted by molar-refractivity contribution is -0.122. The maximum atomic E-state index is 14.3. The highest BCUT2D eigenvalue weighted by atomic mass is 19.1. The molecule has 1 fully saturated rings. The Kier molecular flexibility index (Phi) is 7.13. The SMILES string of the molecule is COC(=O)N1c2ccc3c(nc([C@@H](O)c4cc(F)ccc4OC)n3[C@@H]3CCC[C@@H](C(C)=O)C3)c2CC[C@@H]1C. The molecule has 0 radical (unpaired) electrons. The smallest absolute Gasteiger partial charge is 0.414 e. The second-order valence-electron chi connectivity index (χ2n) is 10.4. The van der Waals surface area contributed by atoms with Crippen molar-refractivity contribution in [3.05, 3.63) is 53.1 Å². The van der Waals surface area contributed by atoms with Gasteiger partial charge < -0.3 is 19.1 Å². The number of benzene rings is 2. The van der Waals surface area contributed by atoms with Crippen LogP contribution >= 0.6 is 0 Å². The fourth-order valence-corrected chi connectivity index (χ4v) is 6.20. The summed E-state index contributed by atoms with van der Waals surface area (Å²) in [6.07, 6.45) is 2.94. The molecule has 38 heavy (non-hydrogen) atoms. The Hall–Kier alpha value is -3.46. The largest absolute Gasteiger partial charge is 0.496 e. The zero-order valence-corrected chi connectivity index (χ0v) is 22.2. The van der Waals surface area contributed by atoms with Crippen LogP contribution < -0.4 is 9.64 Å². The molecule has 1 N–H and O–H groups in total. The molecule has 0 unspecified atom stereocenters. The quantitative estimate of drug-likeness (QED) is 0.475. The monoisotopic (exact) mass is 523 g/mol. The molecular weight excluding hydrogens is 489 g/mol. The molecule has 0 saturated heterocycles. The van der Waals surface area contributed by atoms with Crippen LogP contribution in [0.1, 0.15) is 75.0 Å². The Labute approximate surface area is 221 Å². The number of aliphatic hydroxyl groups excluding tert-OH is 1. The Morgan fingerprint density at radius 1 is 1.16 bits per heavy atom. The van der Waals surface area contributed by atoms with Gasteiger partial charge in [-0.1, -0.05) is 6.42 Å². The van der Waals surface area contributed by atoms with Crippen LogP contribution in [0.15, 0.2) is 30.3 Å². The Bertz CT molecular complexity index is 1390. The van der Waals surface area contributed by atoms with E-state index in [1.807, 2.05) is 23.6 Å². The van der Waals surface area contributed by atoms with Gasteiger partial charge in [0.2, 0.25) is 0 Å². The van der Waals surface area contributed by atoms with Gasteiger partial charge in [0.1, 0.15) is 29.3 Å². The Morgan fingerprint density at radius 3 is 2.66 bits per heavy atom. The number of ether oxygens (including phenoxy) is 2. The third kappa shape index (κ3) is 4.42. The molecule has 1 aliphatic carbocycles. The molecule has 0 spiro atoms. The number of carbonyl (C=O) groups is 2. The van der Waals surface area contributed by atoms with Crippen LogP contribution in [0.5, 0.6) is 5.75 Å². The van der Waals surface area contributed by atoms with Crippen LogP contribution in [0.4, 0.5) is 14.9 Å². The summed E-state index contributed by atoms with van der Waals surface area (Å²) in [6, 6.07) is 7.77. The minimum atomic E-state index is -1.26. The van der Waals surface area contributed by atoms with Crippen molar-refractivity contribution in [3.8, 4) is 5.75 Å². The number of anilines is 1. The molecule has 0 bridgehead atoms. The molecule has 5 rings (SSSR count). The maximum Gasteiger partial charge on any atom is 0.414 e. The topological polar surface area (TPSA) is 93.9 Å². The summed E-state index contributed by atoms with van der Waals surface area (Å²) in [6.45, 7) is 3.61. The van der Waals surface area contributed by atoms with Gasteiger partial charge >= 0.3 is 6.09 Å². The van der Waals surface area contributed by atoms with Crippen molar-refractivity contribution in [2.45, 2.75) is 70.6 Å². The number of amides is 1. The van der Waals surface area contributed by atoms with Crippen LogP contribution in [-0.2, 0) is 16.0 Å². The van der Waals surface area contributed by atoms with E-state index in [-0.39, 0.29) is 29.3 Å². The van der Waals surface area contributed by atoms with Gasteiger partial charge in [0.15, 0.2) is 0 Å².